The predicted octanol–water partition coefficient (Wildman–Crippen LogP) is 0.0988. The SMILES string of the molecule is CC(C)C(=O)OC(C)[C@H]1C(=O)N[C@@H]1C(C)C(=O)N1CCN(C)CC1. The molecule has 24 heavy (non-hydrogen) atoms. The van der Waals surface area contributed by atoms with Gasteiger partial charge in [0.1, 0.15) is 6.10 Å². The summed E-state index contributed by atoms with van der Waals surface area (Å²) in [5.74, 6) is -1.43. The van der Waals surface area contributed by atoms with E-state index in [0.29, 0.717) is 13.1 Å². The molecule has 0 aromatic heterocycles. The summed E-state index contributed by atoms with van der Waals surface area (Å²) in [6.45, 7) is 10.2. The summed E-state index contributed by atoms with van der Waals surface area (Å²) in [7, 11) is 2.04. The van der Waals surface area contributed by atoms with Crippen LogP contribution < -0.4 is 5.32 Å². The lowest BCUT2D eigenvalue weighted by atomic mass is 9.78. The van der Waals surface area contributed by atoms with Crippen molar-refractivity contribution in [1.29, 1.82) is 0 Å². The van der Waals surface area contributed by atoms with Crippen molar-refractivity contribution in [3.63, 3.8) is 0 Å². The van der Waals surface area contributed by atoms with Crippen molar-refractivity contribution in [2.24, 2.45) is 17.8 Å². The van der Waals surface area contributed by atoms with E-state index in [-0.39, 0.29) is 35.7 Å². The lowest BCUT2D eigenvalue weighted by molar-refractivity contribution is -0.163. The minimum absolute atomic E-state index is 0.0560. The molecule has 2 aliphatic heterocycles. The van der Waals surface area contributed by atoms with Gasteiger partial charge in [-0.2, -0.15) is 0 Å². The third-order valence-electron chi connectivity index (χ3n) is 5.02. The van der Waals surface area contributed by atoms with Gasteiger partial charge >= 0.3 is 5.97 Å². The highest BCUT2D eigenvalue weighted by Crippen LogP contribution is 2.29. The average Bonchev–Trinajstić information content (AvgIpc) is 2.51. The smallest absolute Gasteiger partial charge is 0.308 e. The summed E-state index contributed by atoms with van der Waals surface area (Å²) < 4.78 is 5.37. The first-order valence-corrected chi connectivity index (χ1v) is 8.70. The molecular formula is C17H29N3O4. The molecule has 2 saturated heterocycles. The second-order valence-corrected chi connectivity index (χ2v) is 7.27. The topological polar surface area (TPSA) is 78.9 Å². The molecule has 1 N–H and O–H groups in total. The summed E-state index contributed by atoms with van der Waals surface area (Å²) in [6, 6.07) is -0.278. The summed E-state index contributed by atoms with van der Waals surface area (Å²) in [5, 5.41) is 2.82. The molecule has 7 heteroatoms. The molecule has 2 aliphatic rings. The number of carbonyl (C=O) groups excluding carboxylic acids is 3. The van der Waals surface area contributed by atoms with Crippen LogP contribution in [0.2, 0.25) is 0 Å². The number of nitrogens with zero attached hydrogens (tertiary/aromatic N) is 2. The molecule has 2 unspecified atom stereocenters. The van der Waals surface area contributed by atoms with Crippen LogP contribution in [0, 0.1) is 17.8 Å². The highest BCUT2D eigenvalue weighted by molar-refractivity contribution is 5.90. The van der Waals surface area contributed by atoms with E-state index in [4.69, 9.17) is 4.74 Å². The van der Waals surface area contributed by atoms with Crippen molar-refractivity contribution in [2.45, 2.75) is 39.8 Å². The van der Waals surface area contributed by atoms with Crippen LogP contribution >= 0.6 is 0 Å². The molecule has 2 heterocycles. The number of hydrogen-bond acceptors (Lipinski definition) is 5. The number of carbonyl (C=O) groups is 3. The molecule has 4 atom stereocenters. The number of likely N-dealkylation sites (N-methyl/N-ethyl adjacent to an activating group) is 1. The van der Waals surface area contributed by atoms with Crippen molar-refractivity contribution in [2.75, 3.05) is 33.2 Å². The summed E-state index contributed by atoms with van der Waals surface area (Å²) >= 11 is 0. The first-order valence-electron chi connectivity index (χ1n) is 8.70. The number of piperazine rings is 1. The molecule has 136 valence electrons. The van der Waals surface area contributed by atoms with Crippen LogP contribution in [0.3, 0.4) is 0 Å². The third-order valence-corrected chi connectivity index (χ3v) is 5.02. The molecule has 0 spiro atoms. The Kier molecular flexibility index (Phi) is 5.85. The lowest BCUT2D eigenvalue weighted by Crippen LogP contribution is -2.67. The van der Waals surface area contributed by atoms with E-state index in [9.17, 15) is 14.4 Å². The van der Waals surface area contributed by atoms with Gasteiger partial charge < -0.3 is 19.9 Å². The molecule has 2 fully saturated rings. The van der Waals surface area contributed by atoms with Gasteiger partial charge in [0.05, 0.1) is 23.8 Å². The Hall–Kier alpha value is -1.63. The largest absolute Gasteiger partial charge is 0.462 e. The van der Waals surface area contributed by atoms with Gasteiger partial charge in [0.15, 0.2) is 0 Å². The maximum atomic E-state index is 12.7. The fourth-order valence-corrected chi connectivity index (χ4v) is 3.22. The summed E-state index contributed by atoms with van der Waals surface area (Å²) in [4.78, 5) is 40.4. The number of ether oxygens (including phenoxy) is 1. The molecular weight excluding hydrogens is 310 g/mol. The van der Waals surface area contributed by atoms with Gasteiger partial charge in [-0.25, -0.2) is 0 Å². The second-order valence-electron chi connectivity index (χ2n) is 7.27. The van der Waals surface area contributed by atoms with Gasteiger partial charge in [-0.3, -0.25) is 14.4 Å². The molecule has 2 amide bonds. The van der Waals surface area contributed by atoms with E-state index in [2.05, 4.69) is 10.2 Å². The van der Waals surface area contributed by atoms with Crippen LogP contribution in [0.15, 0.2) is 0 Å². The maximum Gasteiger partial charge on any atom is 0.308 e. The van der Waals surface area contributed by atoms with E-state index >= 15 is 0 Å². The normalized spacial score (nSPS) is 27.2. The van der Waals surface area contributed by atoms with Crippen LogP contribution in [0.25, 0.3) is 0 Å². The lowest BCUT2D eigenvalue weighted by Gasteiger charge is -2.44. The van der Waals surface area contributed by atoms with Crippen molar-refractivity contribution in [3.05, 3.63) is 0 Å². The Morgan fingerprint density at radius 1 is 1.12 bits per heavy atom. The van der Waals surface area contributed by atoms with E-state index in [1.807, 2.05) is 18.9 Å². The molecule has 7 nitrogen and oxygen atoms in total. The van der Waals surface area contributed by atoms with Gasteiger partial charge in [-0.1, -0.05) is 20.8 Å². The predicted molar refractivity (Wildman–Crippen MR) is 89.1 cm³/mol. The molecule has 0 radical (unpaired) electrons. The molecule has 0 saturated carbocycles. The van der Waals surface area contributed by atoms with Crippen molar-refractivity contribution >= 4 is 17.8 Å². The molecule has 0 aromatic carbocycles. The van der Waals surface area contributed by atoms with Crippen molar-refractivity contribution in [3.8, 4) is 0 Å². The second kappa shape index (κ2) is 7.51. The number of rotatable bonds is 5. The van der Waals surface area contributed by atoms with Crippen molar-refractivity contribution < 1.29 is 19.1 Å². The number of esters is 1. The van der Waals surface area contributed by atoms with Gasteiger partial charge in [0.2, 0.25) is 11.8 Å². The van der Waals surface area contributed by atoms with Gasteiger partial charge in [-0.15, -0.1) is 0 Å². The van der Waals surface area contributed by atoms with Crippen molar-refractivity contribution in [1.82, 2.24) is 15.1 Å². The standard InChI is InChI=1S/C17H29N3O4/c1-10(2)17(23)24-12(4)13-14(18-15(13)21)11(3)16(22)20-8-6-19(5)7-9-20/h10-14H,6-9H2,1-5H3,(H,18,21)/t11?,12?,13-,14-/m1/s1. The van der Waals surface area contributed by atoms with Crippen LogP contribution in [-0.4, -0.2) is 73.0 Å². The zero-order valence-corrected chi connectivity index (χ0v) is 15.2. The van der Waals surface area contributed by atoms with Gasteiger partial charge in [-0.05, 0) is 14.0 Å². The Morgan fingerprint density at radius 2 is 1.71 bits per heavy atom. The highest BCUT2D eigenvalue weighted by Gasteiger charge is 2.49. The van der Waals surface area contributed by atoms with Crippen LogP contribution in [-0.2, 0) is 19.1 Å². The Bertz CT molecular complexity index is 500. The number of β-lactam (4-membered cyclic amide) rings is 1. The molecule has 0 aliphatic carbocycles. The average molecular weight is 339 g/mol. The fraction of sp³-hybridized carbons (Fsp3) is 0.824. The fourth-order valence-electron chi connectivity index (χ4n) is 3.22. The van der Waals surface area contributed by atoms with Crippen LogP contribution in [0.5, 0.6) is 0 Å². The first kappa shape index (κ1) is 18.7. The highest BCUT2D eigenvalue weighted by atomic mass is 16.5. The Morgan fingerprint density at radius 3 is 2.21 bits per heavy atom. The number of amides is 2. The molecule has 0 aromatic rings. The van der Waals surface area contributed by atoms with E-state index in [1.165, 1.54) is 0 Å². The zero-order chi connectivity index (χ0) is 18.0. The van der Waals surface area contributed by atoms with Gasteiger partial charge in [0, 0.05) is 26.2 Å². The van der Waals surface area contributed by atoms with Crippen LogP contribution in [0.1, 0.15) is 27.7 Å². The van der Waals surface area contributed by atoms with E-state index < -0.39 is 12.0 Å². The van der Waals surface area contributed by atoms with Gasteiger partial charge in [0.25, 0.3) is 0 Å². The quantitative estimate of drug-likeness (QED) is 0.568. The Balaban J connectivity index is 1.96. The summed E-state index contributed by atoms with van der Waals surface area (Å²) in [5.41, 5.74) is 0. The first-order chi connectivity index (χ1) is 11.2. The molecule has 0 bridgehead atoms. The number of nitrogens with one attached hydrogen (secondary N) is 1. The monoisotopic (exact) mass is 339 g/mol. The third kappa shape index (κ3) is 3.88. The number of hydrogen-bond donors (Lipinski definition) is 1. The van der Waals surface area contributed by atoms with E-state index in [0.717, 1.165) is 13.1 Å². The molecule has 2 rings (SSSR count). The Labute approximate surface area is 143 Å². The van der Waals surface area contributed by atoms with Crippen LogP contribution in [0.4, 0.5) is 0 Å². The maximum absolute atomic E-state index is 12.7. The minimum Gasteiger partial charge on any atom is -0.462 e. The zero-order valence-electron chi connectivity index (χ0n) is 15.2. The minimum atomic E-state index is -0.526. The van der Waals surface area contributed by atoms with E-state index in [1.54, 1.807) is 20.8 Å². The summed E-state index contributed by atoms with van der Waals surface area (Å²) in [6.07, 6.45) is -0.526.